The third-order valence-corrected chi connectivity index (χ3v) is 0.630. The molecule has 0 aliphatic heterocycles. The predicted molar refractivity (Wildman–Crippen MR) is 30.1 cm³/mol. The van der Waals surface area contributed by atoms with Crippen LogP contribution in [-0.2, 0) is 4.79 Å². The van der Waals surface area contributed by atoms with Gasteiger partial charge in [-0.15, -0.1) is 0 Å². The molecule has 0 aromatic carbocycles. The molecule has 7 heavy (non-hydrogen) atoms. The molecule has 1 amide bonds. The zero-order valence-corrected chi connectivity index (χ0v) is 7.27. The minimum Gasteiger partial charge on any atom is -0.349 e. The number of rotatable bonds is 0. The number of nitrogens with zero attached hydrogens (tertiary/aromatic N) is 1. The van der Waals surface area contributed by atoms with Crippen LogP contribution in [0.3, 0.4) is 0 Å². The van der Waals surface area contributed by atoms with E-state index in [1.54, 1.807) is 14.1 Å². The fourth-order valence-electron chi connectivity index (χ4n) is 0. The molecule has 0 aromatic rings. The number of hydrogen-bond acceptors (Lipinski definition) is 1. The molecule has 38 valence electrons. The number of carbonyl (C=O) groups is 1. The van der Waals surface area contributed by atoms with E-state index in [2.05, 4.69) is 0 Å². The fraction of sp³-hybridized carbons (Fsp3) is 0.750. The summed E-state index contributed by atoms with van der Waals surface area (Å²) in [6.45, 7) is 1.53. The Bertz CT molecular complexity index is 62.7. The van der Waals surface area contributed by atoms with Gasteiger partial charge >= 0.3 is 0 Å². The normalized spacial score (nSPS) is 6.71. The molecule has 0 unspecified atom stereocenters. The van der Waals surface area contributed by atoms with Crippen molar-refractivity contribution in [2.24, 2.45) is 0 Å². The Labute approximate surface area is 73.9 Å². The third kappa shape index (κ3) is 6.73. The average Bonchev–Trinajstić information content (AvgIpc) is 1.36. The zero-order chi connectivity index (χ0) is 5.15. The molecule has 0 saturated heterocycles. The van der Waals surface area contributed by atoms with E-state index < -0.39 is 0 Å². The van der Waals surface area contributed by atoms with E-state index in [0.29, 0.717) is 0 Å². The smallest absolute Gasteiger partial charge is 0.218 e. The Morgan fingerprint density at radius 1 is 1.43 bits per heavy atom. The minimum absolute atomic E-state index is 0. The second-order valence-corrected chi connectivity index (χ2v) is 1.41. The molecule has 0 rings (SSSR count). The Hall–Kier alpha value is 0.730. The first kappa shape index (κ1) is 10.7. The number of amides is 1. The maximum atomic E-state index is 10.1. The van der Waals surface area contributed by atoms with Gasteiger partial charge in [0.05, 0.1) is 0 Å². The van der Waals surface area contributed by atoms with Gasteiger partial charge in [0, 0.05) is 58.8 Å². The van der Waals surface area contributed by atoms with Gasteiger partial charge in [0.2, 0.25) is 5.91 Å². The van der Waals surface area contributed by atoms with Gasteiger partial charge in [-0.2, -0.15) is 0 Å². The first-order valence-electron chi connectivity index (χ1n) is 1.82. The summed E-state index contributed by atoms with van der Waals surface area (Å²) in [6.07, 6.45) is 0. The first-order chi connectivity index (χ1) is 2.64. The number of carbonyl (C=O) groups excluding carboxylic acids is 1. The van der Waals surface area contributed by atoms with Gasteiger partial charge in [-0.3, -0.25) is 4.79 Å². The van der Waals surface area contributed by atoms with E-state index in [9.17, 15) is 4.79 Å². The van der Waals surface area contributed by atoms with Gasteiger partial charge < -0.3 is 4.90 Å². The molecule has 0 saturated carbocycles. The largest absolute Gasteiger partial charge is 0.349 e. The SMILES string of the molecule is CC(=O)N(C)C.[Ca]. The summed E-state index contributed by atoms with van der Waals surface area (Å²) in [5, 5.41) is 0. The Balaban J connectivity index is 0. The van der Waals surface area contributed by atoms with Crippen molar-refractivity contribution in [1.29, 1.82) is 0 Å². The van der Waals surface area contributed by atoms with Gasteiger partial charge in [0.1, 0.15) is 0 Å². The van der Waals surface area contributed by atoms with Crippen molar-refractivity contribution in [3.8, 4) is 0 Å². The monoisotopic (exact) mass is 127 g/mol. The van der Waals surface area contributed by atoms with Crippen LogP contribution >= 0.6 is 0 Å². The second kappa shape index (κ2) is 4.88. The maximum absolute atomic E-state index is 10.1. The van der Waals surface area contributed by atoms with Gasteiger partial charge in [-0.25, -0.2) is 0 Å². The molecule has 0 N–H and O–H groups in total. The van der Waals surface area contributed by atoms with Gasteiger partial charge in [-0.1, -0.05) is 0 Å². The maximum Gasteiger partial charge on any atom is 0.218 e. The molecule has 0 heterocycles. The molecule has 3 heteroatoms. The van der Waals surface area contributed by atoms with Gasteiger partial charge in [0.15, 0.2) is 0 Å². The Kier molecular flexibility index (Phi) is 7.43. The Morgan fingerprint density at radius 3 is 1.57 bits per heavy atom. The molecule has 0 spiro atoms. The molecule has 2 radical (unpaired) electrons. The topological polar surface area (TPSA) is 20.3 Å². The Morgan fingerprint density at radius 2 is 1.57 bits per heavy atom. The summed E-state index contributed by atoms with van der Waals surface area (Å²) in [5.74, 6) is 0.0926. The quantitative estimate of drug-likeness (QED) is 0.410. The van der Waals surface area contributed by atoms with Crippen LogP contribution in [0.5, 0.6) is 0 Å². The van der Waals surface area contributed by atoms with Crippen molar-refractivity contribution in [1.82, 2.24) is 4.90 Å². The summed E-state index contributed by atoms with van der Waals surface area (Å²) in [4.78, 5) is 11.6. The molecular formula is C4H9CaNO. The van der Waals surface area contributed by atoms with Crippen LogP contribution in [0.1, 0.15) is 6.92 Å². The van der Waals surface area contributed by atoms with E-state index in [1.807, 2.05) is 0 Å². The molecule has 0 aliphatic rings. The summed E-state index contributed by atoms with van der Waals surface area (Å²) >= 11 is 0. The van der Waals surface area contributed by atoms with Crippen LogP contribution < -0.4 is 0 Å². The summed E-state index contributed by atoms with van der Waals surface area (Å²) in [6, 6.07) is 0. The molecule has 0 aromatic heterocycles. The van der Waals surface area contributed by atoms with Crippen molar-refractivity contribution in [2.75, 3.05) is 14.1 Å². The van der Waals surface area contributed by atoms with Crippen molar-refractivity contribution in [2.45, 2.75) is 6.92 Å². The van der Waals surface area contributed by atoms with E-state index in [-0.39, 0.29) is 43.6 Å². The predicted octanol–water partition coefficient (Wildman–Crippen LogP) is -0.286. The third-order valence-electron chi connectivity index (χ3n) is 0.630. The molecule has 0 aliphatic carbocycles. The van der Waals surface area contributed by atoms with E-state index >= 15 is 0 Å². The molecule has 0 fully saturated rings. The van der Waals surface area contributed by atoms with Gasteiger partial charge in [-0.05, 0) is 0 Å². The summed E-state index contributed by atoms with van der Waals surface area (Å²) in [7, 11) is 3.45. The molecule has 2 nitrogen and oxygen atoms in total. The zero-order valence-electron chi connectivity index (χ0n) is 5.06. The van der Waals surface area contributed by atoms with Crippen molar-refractivity contribution in [3.63, 3.8) is 0 Å². The standard InChI is InChI=1S/C4H9NO.Ca/c1-4(6)5(2)3;/h1-3H3;. The van der Waals surface area contributed by atoms with Gasteiger partial charge in [0.25, 0.3) is 0 Å². The minimum atomic E-state index is 0. The van der Waals surface area contributed by atoms with Crippen LogP contribution in [0.2, 0.25) is 0 Å². The first-order valence-corrected chi connectivity index (χ1v) is 1.82. The van der Waals surface area contributed by atoms with E-state index in [4.69, 9.17) is 0 Å². The van der Waals surface area contributed by atoms with Crippen LogP contribution in [0.15, 0.2) is 0 Å². The van der Waals surface area contributed by atoms with Crippen molar-refractivity contribution >= 4 is 43.6 Å². The fourth-order valence-corrected chi connectivity index (χ4v) is 0. The van der Waals surface area contributed by atoms with Crippen LogP contribution in [0, 0.1) is 0 Å². The number of hydrogen-bond donors (Lipinski definition) is 0. The van der Waals surface area contributed by atoms with Crippen LogP contribution in [0.4, 0.5) is 0 Å². The summed E-state index contributed by atoms with van der Waals surface area (Å²) < 4.78 is 0. The average molecular weight is 127 g/mol. The molecule has 0 atom stereocenters. The van der Waals surface area contributed by atoms with Crippen molar-refractivity contribution < 1.29 is 4.79 Å². The van der Waals surface area contributed by atoms with E-state index in [0.717, 1.165) is 0 Å². The van der Waals surface area contributed by atoms with E-state index in [1.165, 1.54) is 11.8 Å². The van der Waals surface area contributed by atoms with Crippen LogP contribution in [-0.4, -0.2) is 62.6 Å². The molecular weight excluding hydrogens is 118 g/mol. The van der Waals surface area contributed by atoms with Crippen LogP contribution in [0.25, 0.3) is 0 Å². The molecule has 0 bridgehead atoms. The summed E-state index contributed by atoms with van der Waals surface area (Å²) in [5.41, 5.74) is 0. The van der Waals surface area contributed by atoms with Crippen molar-refractivity contribution in [3.05, 3.63) is 0 Å². The second-order valence-electron chi connectivity index (χ2n) is 1.41.